The van der Waals surface area contributed by atoms with Crippen LogP contribution in [0.4, 0.5) is 0 Å². The molecule has 1 aromatic carbocycles. The molecule has 2 aliphatic rings. The summed E-state index contributed by atoms with van der Waals surface area (Å²) in [7, 11) is 1.67. The molecule has 1 aliphatic carbocycles. The van der Waals surface area contributed by atoms with Crippen LogP contribution in [0.25, 0.3) is 11.6 Å². The molecule has 0 fully saturated rings. The Morgan fingerprint density at radius 2 is 2.12 bits per heavy atom. The predicted octanol–water partition coefficient (Wildman–Crippen LogP) is 3.36. The Kier molecular flexibility index (Phi) is 6.14. The molecule has 1 aromatic rings. The number of carbonyl (C=O) groups is 1. The summed E-state index contributed by atoms with van der Waals surface area (Å²) in [6.45, 7) is 6.05. The molecule has 0 spiro atoms. The normalized spacial score (nSPS) is 16.4. The maximum Gasteiger partial charge on any atom is 0.338 e. The zero-order valence-corrected chi connectivity index (χ0v) is 15.6. The molecule has 3 rings (SSSR count). The Bertz CT molecular complexity index is 739. The highest BCUT2D eigenvalue weighted by atomic mass is 35.5. The molecule has 1 aliphatic heterocycles. The number of benzene rings is 1. The van der Waals surface area contributed by atoms with Crippen LogP contribution in [-0.4, -0.2) is 49.3 Å². The molecule has 0 saturated carbocycles. The van der Waals surface area contributed by atoms with Gasteiger partial charge in [0.05, 0.1) is 19.3 Å². The van der Waals surface area contributed by atoms with E-state index >= 15 is 0 Å². The number of rotatable bonds is 5. The summed E-state index contributed by atoms with van der Waals surface area (Å²) in [5, 5.41) is 9.97. The molecule has 1 N–H and O–H groups in total. The van der Waals surface area contributed by atoms with Crippen molar-refractivity contribution in [2.45, 2.75) is 20.3 Å². The number of aryl methyl sites for hydroxylation is 1. The number of halogens is 1. The standard InChI is InChI=1S/C19H23NO4.ClH/c1-4-24-19(22)17-11-20(6-5-18(17)21)10-13-8-15-12(2)7-14(23-3)9-16(13)15;/h7-9,21H,4-6,10-11H2,1-3H3;1H. The minimum absolute atomic E-state index is 0. The number of aliphatic hydroxyl groups is 1. The van der Waals surface area contributed by atoms with Crippen LogP contribution in [0.15, 0.2) is 23.5 Å². The Morgan fingerprint density at radius 3 is 2.80 bits per heavy atom. The van der Waals surface area contributed by atoms with Gasteiger partial charge in [-0.05, 0) is 54.3 Å². The maximum absolute atomic E-state index is 12.0. The zero-order valence-electron chi connectivity index (χ0n) is 14.8. The fourth-order valence-electron chi connectivity index (χ4n) is 3.23. The van der Waals surface area contributed by atoms with E-state index in [0.29, 0.717) is 25.1 Å². The van der Waals surface area contributed by atoms with E-state index in [0.717, 1.165) is 18.8 Å². The molecule has 136 valence electrons. The Balaban J connectivity index is 0.00000225. The average molecular weight is 366 g/mol. The summed E-state index contributed by atoms with van der Waals surface area (Å²) >= 11 is 0. The number of aliphatic hydroxyl groups excluding tert-OH is 1. The molecule has 0 aromatic heterocycles. The fraction of sp³-hybridized carbons (Fsp3) is 0.421. The SMILES string of the molecule is CCOC(=O)C1=C(O)CCN(CC2=Cc3c(C)cc(OC)cc32)C1.Cl. The largest absolute Gasteiger partial charge is 0.512 e. The minimum Gasteiger partial charge on any atom is -0.512 e. The first kappa shape index (κ1) is 19.3. The lowest BCUT2D eigenvalue weighted by molar-refractivity contribution is -0.139. The Hall–Kier alpha value is -1.98. The van der Waals surface area contributed by atoms with Gasteiger partial charge in [0, 0.05) is 26.1 Å². The van der Waals surface area contributed by atoms with Crippen LogP contribution < -0.4 is 4.74 Å². The summed E-state index contributed by atoms with van der Waals surface area (Å²) in [6.07, 6.45) is 2.66. The second-order valence-electron chi connectivity index (χ2n) is 6.18. The summed E-state index contributed by atoms with van der Waals surface area (Å²) in [5.74, 6) is 0.602. The molecule has 0 atom stereocenters. The summed E-state index contributed by atoms with van der Waals surface area (Å²) in [4.78, 5) is 14.1. The van der Waals surface area contributed by atoms with Crippen LogP contribution in [0.1, 0.15) is 30.0 Å². The number of esters is 1. The molecule has 0 saturated heterocycles. The molecule has 0 radical (unpaired) electrons. The number of nitrogens with zero attached hydrogens (tertiary/aromatic N) is 1. The number of hydrogen-bond acceptors (Lipinski definition) is 5. The van der Waals surface area contributed by atoms with Crippen LogP contribution in [0, 0.1) is 6.92 Å². The first-order valence-corrected chi connectivity index (χ1v) is 8.23. The van der Waals surface area contributed by atoms with Gasteiger partial charge in [0.15, 0.2) is 0 Å². The van der Waals surface area contributed by atoms with Crippen LogP contribution in [0.2, 0.25) is 0 Å². The quantitative estimate of drug-likeness (QED) is 0.811. The summed E-state index contributed by atoms with van der Waals surface area (Å²) in [5.41, 5.74) is 5.29. The third-order valence-corrected chi connectivity index (χ3v) is 4.57. The third kappa shape index (κ3) is 3.83. The molecule has 6 heteroatoms. The number of methoxy groups -OCH3 is 1. The molecular formula is C19H24ClNO4. The second kappa shape index (κ2) is 7.93. The number of fused-ring (bicyclic) bond motifs is 1. The average Bonchev–Trinajstić information content (AvgIpc) is 2.55. The van der Waals surface area contributed by atoms with E-state index in [1.54, 1.807) is 14.0 Å². The number of carbonyl (C=O) groups excluding carboxylic acids is 1. The lowest BCUT2D eigenvalue weighted by Gasteiger charge is -2.32. The monoisotopic (exact) mass is 365 g/mol. The van der Waals surface area contributed by atoms with Crippen LogP contribution >= 0.6 is 12.4 Å². The number of ether oxygens (including phenoxy) is 2. The topological polar surface area (TPSA) is 59.0 Å². The molecule has 5 nitrogen and oxygen atoms in total. The van der Waals surface area contributed by atoms with Gasteiger partial charge >= 0.3 is 5.97 Å². The van der Waals surface area contributed by atoms with Crippen molar-refractivity contribution in [1.82, 2.24) is 4.90 Å². The van der Waals surface area contributed by atoms with Gasteiger partial charge in [-0.1, -0.05) is 0 Å². The fourth-order valence-corrected chi connectivity index (χ4v) is 3.23. The van der Waals surface area contributed by atoms with Gasteiger partial charge in [-0.15, -0.1) is 12.4 Å². The van der Waals surface area contributed by atoms with Gasteiger partial charge in [-0.3, -0.25) is 4.90 Å². The first-order chi connectivity index (χ1) is 11.5. The van der Waals surface area contributed by atoms with Gasteiger partial charge in [0.25, 0.3) is 0 Å². The summed E-state index contributed by atoms with van der Waals surface area (Å²) < 4.78 is 10.4. The first-order valence-electron chi connectivity index (χ1n) is 8.23. The summed E-state index contributed by atoms with van der Waals surface area (Å²) in [6, 6.07) is 4.09. The van der Waals surface area contributed by atoms with E-state index < -0.39 is 5.97 Å². The Morgan fingerprint density at radius 1 is 1.36 bits per heavy atom. The highest BCUT2D eigenvalue weighted by Crippen LogP contribution is 2.38. The second-order valence-corrected chi connectivity index (χ2v) is 6.18. The third-order valence-electron chi connectivity index (χ3n) is 4.57. The van der Waals surface area contributed by atoms with E-state index in [2.05, 4.69) is 24.0 Å². The molecule has 25 heavy (non-hydrogen) atoms. The van der Waals surface area contributed by atoms with Gasteiger partial charge in [-0.25, -0.2) is 4.79 Å². The van der Waals surface area contributed by atoms with Crippen molar-refractivity contribution in [2.24, 2.45) is 0 Å². The molecule has 0 amide bonds. The van der Waals surface area contributed by atoms with Gasteiger partial charge in [0.1, 0.15) is 11.5 Å². The van der Waals surface area contributed by atoms with Crippen LogP contribution in [0.5, 0.6) is 5.75 Å². The molecule has 0 bridgehead atoms. The Labute approximate surface area is 154 Å². The highest BCUT2D eigenvalue weighted by molar-refractivity contribution is 5.98. The van der Waals surface area contributed by atoms with Gasteiger partial charge < -0.3 is 14.6 Å². The molecular weight excluding hydrogens is 342 g/mol. The smallest absolute Gasteiger partial charge is 0.338 e. The van der Waals surface area contributed by atoms with E-state index in [4.69, 9.17) is 9.47 Å². The van der Waals surface area contributed by atoms with Gasteiger partial charge in [-0.2, -0.15) is 0 Å². The van der Waals surface area contributed by atoms with Crippen LogP contribution in [0.3, 0.4) is 0 Å². The maximum atomic E-state index is 12.0. The number of hydrogen-bond donors (Lipinski definition) is 1. The van der Waals surface area contributed by atoms with Crippen molar-refractivity contribution in [3.63, 3.8) is 0 Å². The highest BCUT2D eigenvalue weighted by Gasteiger charge is 2.27. The molecule has 1 heterocycles. The van der Waals surface area contributed by atoms with E-state index in [-0.39, 0.29) is 18.2 Å². The van der Waals surface area contributed by atoms with E-state index in [1.165, 1.54) is 22.3 Å². The van der Waals surface area contributed by atoms with Gasteiger partial charge in [0.2, 0.25) is 0 Å². The lowest BCUT2D eigenvalue weighted by Crippen LogP contribution is -2.36. The van der Waals surface area contributed by atoms with Crippen molar-refractivity contribution >= 4 is 30.0 Å². The zero-order chi connectivity index (χ0) is 17.3. The van der Waals surface area contributed by atoms with Crippen molar-refractivity contribution in [3.8, 4) is 5.75 Å². The van der Waals surface area contributed by atoms with Crippen molar-refractivity contribution < 1.29 is 19.4 Å². The predicted molar refractivity (Wildman–Crippen MR) is 100 cm³/mol. The lowest BCUT2D eigenvalue weighted by atomic mass is 9.84. The van der Waals surface area contributed by atoms with Crippen LogP contribution in [-0.2, 0) is 9.53 Å². The van der Waals surface area contributed by atoms with Crippen molar-refractivity contribution in [1.29, 1.82) is 0 Å². The van der Waals surface area contributed by atoms with E-state index in [9.17, 15) is 9.90 Å². The minimum atomic E-state index is -0.416. The van der Waals surface area contributed by atoms with Crippen molar-refractivity contribution in [2.75, 3.05) is 33.4 Å². The van der Waals surface area contributed by atoms with Crippen molar-refractivity contribution in [3.05, 3.63) is 40.2 Å². The molecule has 0 unspecified atom stereocenters. The van der Waals surface area contributed by atoms with E-state index in [1.807, 2.05) is 6.07 Å².